The number of nitrogens with one attached hydrogen (secondary N) is 2. The molecule has 2 amide bonds. The predicted octanol–water partition coefficient (Wildman–Crippen LogP) is 3.66. The summed E-state index contributed by atoms with van der Waals surface area (Å²) in [6.07, 6.45) is 1.70. The van der Waals surface area contributed by atoms with E-state index in [-0.39, 0.29) is 11.8 Å². The maximum atomic E-state index is 12.5. The van der Waals surface area contributed by atoms with Crippen LogP contribution in [0.5, 0.6) is 0 Å². The molecule has 0 aliphatic carbocycles. The minimum atomic E-state index is -0.256. The molecule has 6 nitrogen and oxygen atoms in total. The molecular weight excluding hydrogens is 328 g/mol. The first-order chi connectivity index (χ1) is 12.5. The number of hydrogen-bond donors (Lipinski definition) is 2. The van der Waals surface area contributed by atoms with Crippen molar-refractivity contribution in [3.63, 3.8) is 0 Å². The fourth-order valence-electron chi connectivity index (χ4n) is 2.52. The quantitative estimate of drug-likeness (QED) is 0.755. The Labute approximate surface area is 151 Å². The zero-order valence-electron chi connectivity index (χ0n) is 14.5. The van der Waals surface area contributed by atoms with Crippen molar-refractivity contribution in [2.24, 2.45) is 0 Å². The van der Waals surface area contributed by atoms with Crippen LogP contribution in [0.25, 0.3) is 11.3 Å². The Morgan fingerprint density at radius 3 is 2.38 bits per heavy atom. The Hall–Kier alpha value is -3.54. The van der Waals surface area contributed by atoms with E-state index in [0.29, 0.717) is 22.8 Å². The molecule has 0 radical (unpaired) electrons. The van der Waals surface area contributed by atoms with Gasteiger partial charge in [0.1, 0.15) is 5.82 Å². The normalized spacial score (nSPS) is 10.2. The van der Waals surface area contributed by atoms with Crippen molar-refractivity contribution in [3.8, 4) is 11.3 Å². The second-order valence-electron chi connectivity index (χ2n) is 5.79. The molecule has 0 unspecified atom stereocenters. The van der Waals surface area contributed by atoms with Crippen molar-refractivity contribution >= 4 is 23.2 Å². The molecule has 0 spiro atoms. The summed E-state index contributed by atoms with van der Waals surface area (Å²) in [5.41, 5.74) is 3.38. The van der Waals surface area contributed by atoms with Crippen LogP contribution in [0.4, 0.5) is 11.4 Å². The van der Waals surface area contributed by atoms with E-state index in [1.807, 2.05) is 37.3 Å². The summed E-state index contributed by atoms with van der Waals surface area (Å²) in [6, 6.07) is 16.1. The smallest absolute Gasteiger partial charge is 0.255 e. The lowest BCUT2D eigenvalue weighted by Gasteiger charge is -2.09. The van der Waals surface area contributed by atoms with Crippen molar-refractivity contribution in [1.29, 1.82) is 0 Å². The third-order valence-electron chi connectivity index (χ3n) is 3.64. The molecular formula is C20H18N4O2. The van der Waals surface area contributed by atoms with Crippen LogP contribution in [0.15, 0.2) is 60.8 Å². The van der Waals surface area contributed by atoms with Gasteiger partial charge in [-0.1, -0.05) is 18.2 Å². The Morgan fingerprint density at radius 2 is 1.65 bits per heavy atom. The number of aryl methyl sites for hydroxylation is 1. The summed E-state index contributed by atoms with van der Waals surface area (Å²) in [6.45, 7) is 3.25. The number of benzene rings is 2. The minimum Gasteiger partial charge on any atom is -0.326 e. The fourth-order valence-corrected chi connectivity index (χ4v) is 2.52. The monoisotopic (exact) mass is 346 g/mol. The van der Waals surface area contributed by atoms with Gasteiger partial charge in [0, 0.05) is 35.6 Å². The van der Waals surface area contributed by atoms with E-state index in [0.717, 1.165) is 11.3 Å². The Bertz CT molecular complexity index is 969. The Kier molecular flexibility index (Phi) is 5.03. The standard InChI is InChI=1S/C20H18N4O2/c1-13-21-10-9-19(22-13)15-5-3-8-18(11-15)24-20(26)16-6-4-7-17(12-16)23-14(2)25/h3-12H,1-2H3,(H,23,25)(H,24,26). The van der Waals surface area contributed by atoms with Gasteiger partial charge in [-0.15, -0.1) is 0 Å². The highest BCUT2D eigenvalue weighted by Crippen LogP contribution is 2.21. The van der Waals surface area contributed by atoms with E-state index in [1.54, 1.807) is 30.5 Å². The van der Waals surface area contributed by atoms with Crippen molar-refractivity contribution in [2.75, 3.05) is 10.6 Å². The van der Waals surface area contributed by atoms with E-state index in [4.69, 9.17) is 0 Å². The van der Waals surface area contributed by atoms with E-state index in [1.165, 1.54) is 6.92 Å². The third kappa shape index (κ3) is 4.30. The van der Waals surface area contributed by atoms with Gasteiger partial charge in [-0.05, 0) is 43.3 Å². The number of amides is 2. The first-order valence-corrected chi connectivity index (χ1v) is 8.10. The van der Waals surface area contributed by atoms with Crippen LogP contribution in [-0.2, 0) is 4.79 Å². The number of nitrogens with zero attached hydrogens (tertiary/aromatic N) is 2. The molecule has 0 aliphatic heterocycles. The van der Waals surface area contributed by atoms with Crippen molar-refractivity contribution in [2.45, 2.75) is 13.8 Å². The molecule has 1 heterocycles. The Morgan fingerprint density at radius 1 is 0.923 bits per heavy atom. The molecule has 2 aromatic carbocycles. The van der Waals surface area contributed by atoms with Gasteiger partial charge in [-0.3, -0.25) is 9.59 Å². The number of carbonyl (C=O) groups excluding carboxylic acids is 2. The SMILES string of the molecule is CC(=O)Nc1cccc(C(=O)Nc2cccc(-c3ccnc(C)n3)c2)c1. The van der Waals surface area contributed by atoms with Gasteiger partial charge < -0.3 is 10.6 Å². The molecule has 0 saturated carbocycles. The lowest BCUT2D eigenvalue weighted by atomic mass is 10.1. The molecule has 1 aromatic heterocycles. The number of rotatable bonds is 4. The van der Waals surface area contributed by atoms with Gasteiger partial charge in [0.15, 0.2) is 0 Å². The van der Waals surface area contributed by atoms with Crippen LogP contribution >= 0.6 is 0 Å². The molecule has 3 aromatic rings. The molecule has 26 heavy (non-hydrogen) atoms. The van der Waals surface area contributed by atoms with Crippen molar-refractivity contribution in [1.82, 2.24) is 9.97 Å². The first-order valence-electron chi connectivity index (χ1n) is 8.10. The second kappa shape index (κ2) is 7.57. The molecule has 0 bridgehead atoms. The number of aromatic nitrogens is 2. The first kappa shape index (κ1) is 17.3. The molecule has 0 aliphatic rings. The van der Waals surface area contributed by atoms with Crippen LogP contribution in [0, 0.1) is 6.92 Å². The van der Waals surface area contributed by atoms with Gasteiger partial charge in [0.05, 0.1) is 5.69 Å². The van der Waals surface area contributed by atoms with Crippen LogP contribution in [-0.4, -0.2) is 21.8 Å². The Balaban J connectivity index is 1.80. The zero-order chi connectivity index (χ0) is 18.5. The largest absolute Gasteiger partial charge is 0.326 e. The molecule has 130 valence electrons. The maximum Gasteiger partial charge on any atom is 0.255 e. The average Bonchev–Trinajstić information content (AvgIpc) is 2.61. The van der Waals surface area contributed by atoms with Gasteiger partial charge in [-0.25, -0.2) is 9.97 Å². The molecule has 6 heteroatoms. The topological polar surface area (TPSA) is 84.0 Å². The average molecular weight is 346 g/mol. The number of hydrogen-bond acceptors (Lipinski definition) is 4. The van der Waals surface area contributed by atoms with Crippen LogP contribution in [0.1, 0.15) is 23.1 Å². The van der Waals surface area contributed by atoms with E-state index in [2.05, 4.69) is 20.6 Å². The van der Waals surface area contributed by atoms with Gasteiger partial charge in [0.2, 0.25) is 5.91 Å². The summed E-state index contributed by atoms with van der Waals surface area (Å²) >= 11 is 0. The highest BCUT2D eigenvalue weighted by molar-refractivity contribution is 6.05. The maximum absolute atomic E-state index is 12.5. The summed E-state index contributed by atoms with van der Waals surface area (Å²) in [5, 5.41) is 5.54. The number of carbonyl (C=O) groups is 2. The van der Waals surface area contributed by atoms with Gasteiger partial charge in [0.25, 0.3) is 5.91 Å². The van der Waals surface area contributed by atoms with Gasteiger partial charge in [-0.2, -0.15) is 0 Å². The van der Waals surface area contributed by atoms with Crippen molar-refractivity contribution < 1.29 is 9.59 Å². The summed E-state index contributed by atoms with van der Waals surface area (Å²) in [5.74, 6) is 0.246. The fraction of sp³-hybridized carbons (Fsp3) is 0.100. The highest BCUT2D eigenvalue weighted by Gasteiger charge is 2.09. The summed E-state index contributed by atoms with van der Waals surface area (Å²) in [7, 11) is 0. The van der Waals surface area contributed by atoms with Gasteiger partial charge >= 0.3 is 0 Å². The molecule has 3 rings (SSSR count). The summed E-state index contributed by atoms with van der Waals surface area (Å²) in [4.78, 5) is 32.2. The third-order valence-corrected chi connectivity index (χ3v) is 3.64. The predicted molar refractivity (Wildman–Crippen MR) is 101 cm³/mol. The molecule has 2 N–H and O–H groups in total. The lowest BCUT2D eigenvalue weighted by molar-refractivity contribution is -0.114. The molecule has 0 saturated heterocycles. The highest BCUT2D eigenvalue weighted by atomic mass is 16.2. The van der Waals surface area contributed by atoms with Crippen LogP contribution in [0.3, 0.4) is 0 Å². The lowest BCUT2D eigenvalue weighted by Crippen LogP contribution is -2.13. The second-order valence-corrected chi connectivity index (χ2v) is 5.79. The van der Waals surface area contributed by atoms with E-state index >= 15 is 0 Å². The summed E-state index contributed by atoms with van der Waals surface area (Å²) < 4.78 is 0. The van der Waals surface area contributed by atoms with E-state index in [9.17, 15) is 9.59 Å². The minimum absolute atomic E-state index is 0.185. The van der Waals surface area contributed by atoms with Crippen LogP contribution < -0.4 is 10.6 Å². The van der Waals surface area contributed by atoms with Crippen LogP contribution in [0.2, 0.25) is 0 Å². The van der Waals surface area contributed by atoms with Crippen molar-refractivity contribution in [3.05, 3.63) is 72.2 Å². The molecule has 0 atom stereocenters. The van der Waals surface area contributed by atoms with E-state index < -0.39 is 0 Å². The zero-order valence-corrected chi connectivity index (χ0v) is 14.5. The molecule has 0 fully saturated rings. The number of anilines is 2.